The number of ether oxygens (including phenoxy) is 2. The SMILES string of the molecule is CC(C)(C)OC(=O)N1C[C@@H]2C(Oc3cc(C4(C)CNC4=O)cc(-c4ccc(F)cc4)n3)[C@@H]2C1. The molecule has 0 spiro atoms. The van der Waals surface area contributed by atoms with E-state index in [1.54, 1.807) is 17.0 Å². The van der Waals surface area contributed by atoms with Crippen molar-refractivity contribution in [1.82, 2.24) is 15.2 Å². The molecule has 3 fully saturated rings. The van der Waals surface area contributed by atoms with Gasteiger partial charge in [0.25, 0.3) is 0 Å². The molecular weight excluding hydrogens is 425 g/mol. The van der Waals surface area contributed by atoms with Crippen LogP contribution in [0, 0.1) is 17.7 Å². The van der Waals surface area contributed by atoms with Crippen LogP contribution in [0.1, 0.15) is 33.3 Å². The number of amides is 2. The monoisotopic (exact) mass is 453 g/mol. The fourth-order valence-electron chi connectivity index (χ4n) is 4.57. The minimum absolute atomic E-state index is 0.0319. The number of aromatic nitrogens is 1. The van der Waals surface area contributed by atoms with Gasteiger partial charge in [0.1, 0.15) is 17.5 Å². The lowest BCUT2D eigenvalue weighted by atomic mass is 9.76. The van der Waals surface area contributed by atoms with Crippen molar-refractivity contribution in [2.24, 2.45) is 11.8 Å². The summed E-state index contributed by atoms with van der Waals surface area (Å²) >= 11 is 0. The van der Waals surface area contributed by atoms with E-state index in [0.717, 1.165) is 11.1 Å². The molecular formula is C25H28FN3O4. The van der Waals surface area contributed by atoms with E-state index >= 15 is 0 Å². The van der Waals surface area contributed by atoms with E-state index < -0.39 is 11.0 Å². The summed E-state index contributed by atoms with van der Waals surface area (Å²) in [7, 11) is 0. The predicted octanol–water partition coefficient (Wildman–Crippen LogP) is 3.52. The van der Waals surface area contributed by atoms with Crippen molar-refractivity contribution in [3.63, 3.8) is 0 Å². The molecule has 2 unspecified atom stereocenters. The summed E-state index contributed by atoms with van der Waals surface area (Å²) in [4.78, 5) is 31.0. The van der Waals surface area contributed by atoms with E-state index in [1.807, 2.05) is 39.8 Å². The minimum Gasteiger partial charge on any atom is -0.474 e. The second-order valence-corrected chi connectivity index (χ2v) is 10.4. The molecule has 1 N–H and O–H groups in total. The van der Waals surface area contributed by atoms with Crippen molar-refractivity contribution in [3.05, 3.63) is 47.8 Å². The third-order valence-corrected chi connectivity index (χ3v) is 6.71. The van der Waals surface area contributed by atoms with Crippen molar-refractivity contribution < 1.29 is 23.5 Å². The number of benzene rings is 1. The Bertz CT molecular complexity index is 1100. The van der Waals surface area contributed by atoms with Gasteiger partial charge in [0.15, 0.2) is 0 Å². The van der Waals surface area contributed by atoms with Crippen molar-refractivity contribution in [1.29, 1.82) is 0 Å². The van der Waals surface area contributed by atoms with E-state index in [-0.39, 0.29) is 35.8 Å². The number of carbonyl (C=O) groups excluding carboxylic acids is 2. The Balaban J connectivity index is 1.34. The van der Waals surface area contributed by atoms with Gasteiger partial charge in [-0.05, 0) is 63.6 Å². The molecule has 2 aromatic rings. The summed E-state index contributed by atoms with van der Waals surface area (Å²) < 4.78 is 25.1. The maximum Gasteiger partial charge on any atom is 0.410 e. The third kappa shape index (κ3) is 4.03. The number of hydrogen-bond acceptors (Lipinski definition) is 5. The summed E-state index contributed by atoms with van der Waals surface area (Å²) in [5.74, 6) is 0.550. The van der Waals surface area contributed by atoms with Crippen molar-refractivity contribution in [2.75, 3.05) is 19.6 Å². The van der Waals surface area contributed by atoms with E-state index in [2.05, 4.69) is 10.3 Å². The molecule has 0 radical (unpaired) electrons. The molecule has 2 aliphatic heterocycles. The Morgan fingerprint density at radius 3 is 2.39 bits per heavy atom. The van der Waals surface area contributed by atoms with Crippen LogP contribution >= 0.6 is 0 Å². The van der Waals surface area contributed by atoms with Crippen molar-refractivity contribution in [2.45, 2.75) is 44.8 Å². The molecule has 3 heterocycles. The molecule has 33 heavy (non-hydrogen) atoms. The number of hydrogen-bond donors (Lipinski definition) is 1. The molecule has 1 aromatic carbocycles. The van der Waals surface area contributed by atoms with Gasteiger partial charge in [-0.1, -0.05) is 0 Å². The first-order chi connectivity index (χ1) is 15.5. The lowest BCUT2D eigenvalue weighted by Crippen LogP contribution is -2.60. The number of fused-ring (bicyclic) bond motifs is 1. The Hall–Kier alpha value is -3.16. The van der Waals surface area contributed by atoms with Gasteiger partial charge in [0, 0.05) is 43.1 Å². The molecule has 3 aliphatic rings. The molecule has 2 amide bonds. The largest absolute Gasteiger partial charge is 0.474 e. The zero-order valence-corrected chi connectivity index (χ0v) is 19.2. The maximum atomic E-state index is 13.4. The zero-order chi connectivity index (χ0) is 23.5. The van der Waals surface area contributed by atoms with E-state index in [0.29, 0.717) is 31.2 Å². The fraction of sp³-hybridized carbons (Fsp3) is 0.480. The van der Waals surface area contributed by atoms with E-state index in [1.165, 1.54) is 12.1 Å². The second-order valence-electron chi connectivity index (χ2n) is 10.4. The highest BCUT2D eigenvalue weighted by atomic mass is 19.1. The Morgan fingerprint density at radius 1 is 1.18 bits per heavy atom. The summed E-state index contributed by atoms with van der Waals surface area (Å²) in [6.07, 6.45) is -0.327. The first kappa shape index (κ1) is 21.7. The number of β-lactam (4-membered cyclic amide) rings is 1. The molecule has 1 aliphatic carbocycles. The summed E-state index contributed by atoms with van der Waals surface area (Å²) in [5.41, 5.74) is 1.02. The first-order valence-corrected chi connectivity index (χ1v) is 11.2. The Labute approximate surface area is 192 Å². The van der Waals surface area contributed by atoms with Crippen molar-refractivity contribution >= 4 is 12.0 Å². The lowest BCUT2D eigenvalue weighted by molar-refractivity contribution is -0.132. The number of halogens is 1. The summed E-state index contributed by atoms with van der Waals surface area (Å²) in [5, 5.41) is 2.80. The number of nitrogens with one attached hydrogen (secondary N) is 1. The number of carbonyl (C=O) groups is 2. The minimum atomic E-state index is -0.650. The molecule has 174 valence electrons. The van der Waals surface area contributed by atoms with Crippen molar-refractivity contribution in [3.8, 4) is 17.1 Å². The van der Waals surface area contributed by atoms with Crippen LogP contribution in [-0.2, 0) is 14.9 Å². The lowest BCUT2D eigenvalue weighted by Gasteiger charge is -2.38. The van der Waals surface area contributed by atoms with Gasteiger partial charge < -0.3 is 19.7 Å². The molecule has 5 rings (SSSR count). The summed E-state index contributed by atoms with van der Waals surface area (Å²) in [6.45, 7) is 9.18. The molecule has 1 saturated carbocycles. The number of rotatable bonds is 4. The van der Waals surface area contributed by atoms with Crippen LogP contribution in [0.5, 0.6) is 5.88 Å². The highest BCUT2D eigenvalue weighted by Gasteiger charge is 2.59. The number of piperidine rings is 1. The summed E-state index contributed by atoms with van der Waals surface area (Å²) in [6, 6.07) is 9.80. The smallest absolute Gasteiger partial charge is 0.410 e. The zero-order valence-electron chi connectivity index (χ0n) is 19.2. The van der Waals surface area contributed by atoms with Crippen LogP contribution < -0.4 is 10.1 Å². The highest BCUT2D eigenvalue weighted by Crippen LogP contribution is 2.48. The van der Waals surface area contributed by atoms with Gasteiger partial charge in [0.2, 0.25) is 11.8 Å². The predicted molar refractivity (Wildman–Crippen MR) is 119 cm³/mol. The molecule has 1 aromatic heterocycles. The van der Waals surface area contributed by atoms with Crippen LogP contribution in [0.25, 0.3) is 11.3 Å². The van der Waals surface area contributed by atoms with Gasteiger partial charge in [-0.25, -0.2) is 14.2 Å². The molecule has 4 atom stereocenters. The quantitative estimate of drug-likeness (QED) is 0.717. The average Bonchev–Trinajstić information content (AvgIpc) is 3.18. The number of likely N-dealkylation sites (tertiary alicyclic amines) is 1. The van der Waals surface area contributed by atoms with Crippen LogP contribution in [0.15, 0.2) is 36.4 Å². The fourth-order valence-corrected chi connectivity index (χ4v) is 4.57. The molecule has 7 nitrogen and oxygen atoms in total. The van der Waals surface area contributed by atoms with Crippen LogP contribution in [0.2, 0.25) is 0 Å². The van der Waals surface area contributed by atoms with Gasteiger partial charge in [-0.2, -0.15) is 0 Å². The van der Waals surface area contributed by atoms with Crippen LogP contribution in [0.3, 0.4) is 0 Å². The van der Waals surface area contributed by atoms with E-state index in [4.69, 9.17) is 9.47 Å². The standard InChI is InChI=1S/C25H28FN3O4/c1-24(2,3)33-23(31)29-11-17-18(12-29)21(17)32-20-10-15(25(4)13-27-22(25)30)9-19(28-20)14-5-7-16(26)8-6-14/h5-10,17-18,21H,11-13H2,1-4H3,(H,27,30)/t17-,18+,21?,25?. The maximum absolute atomic E-state index is 13.4. The van der Waals surface area contributed by atoms with Crippen LogP contribution in [0.4, 0.5) is 9.18 Å². The Kier molecular flexibility index (Phi) is 4.88. The topological polar surface area (TPSA) is 80.8 Å². The molecule has 8 heteroatoms. The first-order valence-electron chi connectivity index (χ1n) is 11.2. The molecule has 2 saturated heterocycles. The van der Waals surface area contributed by atoms with Crippen LogP contribution in [-0.4, -0.2) is 53.2 Å². The normalized spacial score (nSPS) is 28.0. The average molecular weight is 454 g/mol. The van der Waals surface area contributed by atoms with Gasteiger partial charge in [0.05, 0.1) is 11.1 Å². The second kappa shape index (κ2) is 7.43. The van der Waals surface area contributed by atoms with E-state index in [9.17, 15) is 14.0 Å². The Morgan fingerprint density at radius 2 is 1.85 bits per heavy atom. The third-order valence-electron chi connectivity index (χ3n) is 6.71. The van der Waals surface area contributed by atoms with Gasteiger partial charge in [-0.3, -0.25) is 4.79 Å². The molecule has 0 bridgehead atoms. The highest BCUT2D eigenvalue weighted by molar-refractivity contribution is 5.94. The number of nitrogens with zero attached hydrogens (tertiary/aromatic N) is 2. The number of pyridine rings is 1. The van der Waals surface area contributed by atoms with Gasteiger partial charge in [-0.15, -0.1) is 0 Å². The van der Waals surface area contributed by atoms with Gasteiger partial charge >= 0.3 is 6.09 Å².